The molecule has 0 spiro atoms. The number of benzene rings is 2. The van der Waals surface area contributed by atoms with Crippen LogP contribution in [0.3, 0.4) is 0 Å². The summed E-state index contributed by atoms with van der Waals surface area (Å²) in [5.74, 6) is -2.13. The fourth-order valence-electron chi connectivity index (χ4n) is 3.75. The average Bonchev–Trinajstić information content (AvgIpc) is 3.25. The van der Waals surface area contributed by atoms with E-state index in [1.54, 1.807) is 6.07 Å². The minimum atomic E-state index is -0.782. The van der Waals surface area contributed by atoms with Crippen molar-refractivity contribution in [3.63, 3.8) is 0 Å². The number of rotatable bonds is 3. The molecule has 152 valence electrons. The lowest BCUT2D eigenvalue weighted by Gasteiger charge is -2.25. The molecule has 1 aromatic heterocycles. The lowest BCUT2D eigenvalue weighted by molar-refractivity contribution is -0.132. The van der Waals surface area contributed by atoms with Crippen LogP contribution in [0.15, 0.2) is 59.5 Å². The number of aryl methyl sites for hydroxylation is 3. The Kier molecular flexibility index (Phi) is 5.03. The zero-order valence-corrected chi connectivity index (χ0v) is 17.6. The number of hydrogen-bond donors (Lipinski definition) is 1. The van der Waals surface area contributed by atoms with Gasteiger partial charge in [-0.25, -0.2) is 4.39 Å². The van der Waals surface area contributed by atoms with E-state index >= 15 is 0 Å². The van der Waals surface area contributed by atoms with Crippen LogP contribution >= 0.6 is 11.3 Å². The number of hydrogen-bond acceptors (Lipinski definition) is 4. The average molecular weight is 421 g/mol. The SMILES string of the molecule is Cc1ccc(C)c(/C(O)=C2\C(=O)C(=O)N(c3ccc(F)cc3)C2c2sccc2C)c1. The number of aliphatic hydroxyl groups is 1. The number of thiophene rings is 1. The van der Waals surface area contributed by atoms with Crippen molar-refractivity contribution in [2.75, 3.05) is 4.90 Å². The normalized spacial score (nSPS) is 18.3. The lowest BCUT2D eigenvalue weighted by atomic mass is 9.95. The van der Waals surface area contributed by atoms with Crippen molar-refractivity contribution in [2.45, 2.75) is 26.8 Å². The summed E-state index contributed by atoms with van der Waals surface area (Å²) in [4.78, 5) is 28.3. The van der Waals surface area contributed by atoms with Gasteiger partial charge >= 0.3 is 0 Å². The molecular weight excluding hydrogens is 401 g/mol. The van der Waals surface area contributed by atoms with Crippen LogP contribution in [-0.4, -0.2) is 16.8 Å². The summed E-state index contributed by atoms with van der Waals surface area (Å²) in [5, 5.41) is 13.1. The number of Topliss-reactive ketones (excluding diaryl/α,β-unsaturated/α-hetero) is 1. The molecule has 1 saturated heterocycles. The Morgan fingerprint density at radius 3 is 2.33 bits per heavy atom. The van der Waals surface area contributed by atoms with Crippen LogP contribution < -0.4 is 4.90 Å². The molecular formula is C24H20FNO3S. The minimum absolute atomic E-state index is 0.0450. The van der Waals surface area contributed by atoms with Gasteiger partial charge in [0.15, 0.2) is 0 Å². The van der Waals surface area contributed by atoms with Crippen LogP contribution in [0.4, 0.5) is 10.1 Å². The van der Waals surface area contributed by atoms with Gasteiger partial charge in [-0.15, -0.1) is 11.3 Å². The minimum Gasteiger partial charge on any atom is -0.507 e. The first kappa shape index (κ1) is 20.0. The Balaban J connectivity index is 1.98. The number of amides is 1. The van der Waals surface area contributed by atoms with Gasteiger partial charge in [-0.05, 0) is 73.7 Å². The van der Waals surface area contributed by atoms with E-state index in [4.69, 9.17) is 0 Å². The molecule has 1 atom stereocenters. The Hall–Kier alpha value is -3.25. The summed E-state index contributed by atoms with van der Waals surface area (Å²) < 4.78 is 13.5. The van der Waals surface area contributed by atoms with Gasteiger partial charge in [0.25, 0.3) is 11.7 Å². The molecule has 1 aliphatic rings. The summed E-state index contributed by atoms with van der Waals surface area (Å²) in [6.07, 6.45) is 0. The van der Waals surface area contributed by atoms with E-state index in [9.17, 15) is 19.1 Å². The van der Waals surface area contributed by atoms with Crippen LogP contribution in [0, 0.1) is 26.6 Å². The van der Waals surface area contributed by atoms with Gasteiger partial charge in [-0.2, -0.15) is 0 Å². The molecule has 30 heavy (non-hydrogen) atoms. The van der Waals surface area contributed by atoms with Crippen molar-refractivity contribution in [1.29, 1.82) is 0 Å². The van der Waals surface area contributed by atoms with E-state index in [0.717, 1.165) is 21.6 Å². The lowest BCUT2D eigenvalue weighted by Crippen LogP contribution is -2.29. The van der Waals surface area contributed by atoms with Gasteiger partial charge in [-0.1, -0.05) is 17.7 Å². The van der Waals surface area contributed by atoms with E-state index in [-0.39, 0.29) is 11.3 Å². The maximum Gasteiger partial charge on any atom is 0.300 e. The highest BCUT2D eigenvalue weighted by Gasteiger charge is 2.48. The van der Waals surface area contributed by atoms with Crippen LogP contribution in [-0.2, 0) is 9.59 Å². The van der Waals surface area contributed by atoms with Crippen molar-refractivity contribution in [3.8, 4) is 0 Å². The monoisotopic (exact) mass is 421 g/mol. The Morgan fingerprint density at radius 1 is 1.00 bits per heavy atom. The molecule has 2 aromatic carbocycles. The second-order valence-corrected chi connectivity index (χ2v) is 8.38. The van der Waals surface area contributed by atoms with Gasteiger partial charge in [0.1, 0.15) is 17.6 Å². The third kappa shape index (κ3) is 3.23. The van der Waals surface area contributed by atoms with Crippen molar-refractivity contribution >= 4 is 34.5 Å². The largest absolute Gasteiger partial charge is 0.507 e. The zero-order chi connectivity index (χ0) is 21.6. The summed E-state index contributed by atoms with van der Waals surface area (Å²) in [7, 11) is 0. The molecule has 0 radical (unpaired) electrons. The Labute approximate surface area is 177 Å². The van der Waals surface area contributed by atoms with Crippen LogP contribution in [0.5, 0.6) is 0 Å². The number of anilines is 1. The molecule has 0 bridgehead atoms. The highest BCUT2D eigenvalue weighted by Crippen LogP contribution is 2.45. The molecule has 1 unspecified atom stereocenters. The molecule has 0 aliphatic carbocycles. The molecule has 4 nitrogen and oxygen atoms in total. The van der Waals surface area contributed by atoms with Crippen LogP contribution in [0.25, 0.3) is 5.76 Å². The standard InChI is InChI=1S/C24H20FNO3S/c1-13-4-5-14(2)18(12-13)21(27)19-20(23-15(3)10-11-30-23)26(24(29)22(19)28)17-8-6-16(25)7-9-17/h4-12,20,27H,1-3H3/b21-19+. The van der Waals surface area contributed by atoms with Gasteiger partial charge in [0.2, 0.25) is 0 Å². The quantitative estimate of drug-likeness (QED) is 0.348. The van der Waals surface area contributed by atoms with Crippen molar-refractivity contribution in [2.24, 2.45) is 0 Å². The highest BCUT2D eigenvalue weighted by molar-refractivity contribution is 7.10. The number of carbonyl (C=O) groups excluding carboxylic acids is 2. The van der Waals surface area contributed by atoms with Gasteiger partial charge in [0, 0.05) is 16.1 Å². The van der Waals surface area contributed by atoms with Gasteiger partial charge in [-0.3, -0.25) is 14.5 Å². The summed E-state index contributed by atoms with van der Waals surface area (Å²) in [5.41, 5.74) is 3.60. The zero-order valence-electron chi connectivity index (χ0n) is 16.8. The first-order valence-corrected chi connectivity index (χ1v) is 10.4. The van der Waals surface area contributed by atoms with E-state index in [1.165, 1.54) is 40.5 Å². The Bertz CT molecular complexity index is 1190. The molecule has 6 heteroatoms. The fraction of sp³-hybridized carbons (Fsp3) is 0.167. The predicted molar refractivity (Wildman–Crippen MR) is 116 cm³/mol. The summed E-state index contributed by atoms with van der Waals surface area (Å²) in [6, 6.07) is 12.1. The maximum absolute atomic E-state index is 13.5. The van der Waals surface area contributed by atoms with E-state index in [2.05, 4.69) is 0 Å². The highest BCUT2D eigenvalue weighted by atomic mass is 32.1. The van der Waals surface area contributed by atoms with E-state index in [0.29, 0.717) is 11.3 Å². The predicted octanol–water partition coefficient (Wildman–Crippen LogP) is 5.44. The van der Waals surface area contributed by atoms with Crippen LogP contribution in [0.2, 0.25) is 0 Å². The molecule has 2 heterocycles. The molecule has 1 N–H and O–H groups in total. The molecule has 4 rings (SSSR count). The number of nitrogens with zero attached hydrogens (tertiary/aromatic N) is 1. The number of carbonyl (C=O) groups is 2. The fourth-order valence-corrected chi connectivity index (χ4v) is 4.77. The van der Waals surface area contributed by atoms with Gasteiger partial charge < -0.3 is 5.11 Å². The number of aliphatic hydroxyl groups excluding tert-OH is 1. The van der Waals surface area contributed by atoms with Crippen LogP contribution in [0.1, 0.15) is 33.2 Å². The Morgan fingerprint density at radius 2 is 1.70 bits per heavy atom. The molecule has 1 amide bonds. The second-order valence-electron chi connectivity index (χ2n) is 7.43. The first-order valence-electron chi connectivity index (χ1n) is 9.47. The molecule has 1 fully saturated rings. The third-order valence-electron chi connectivity index (χ3n) is 5.35. The third-order valence-corrected chi connectivity index (χ3v) is 6.42. The first-order chi connectivity index (χ1) is 14.3. The van der Waals surface area contributed by atoms with Gasteiger partial charge in [0.05, 0.1) is 5.57 Å². The van der Waals surface area contributed by atoms with Crippen molar-refractivity contribution < 1.29 is 19.1 Å². The van der Waals surface area contributed by atoms with E-state index < -0.39 is 23.5 Å². The maximum atomic E-state index is 13.5. The summed E-state index contributed by atoms with van der Waals surface area (Å²) in [6.45, 7) is 5.64. The number of ketones is 1. The topological polar surface area (TPSA) is 57.6 Å². The number of halogens is 1. The van der Waals surface area contributed by atoms with Crippen molar-refractivity contribution in [1.82, 2.24) is 0 Å². The van der Waals surface area contributed by atoms with E-state index in [1.807, 2.05) is 44.4 Å². The molecule has 0 saturated carbocycles. The summed E-state index contributed by atoms with van der Waals surface area (Å²) >= 11 is 1.41. The van der Waals surface area contributed by atoms with Crippen molar-refractivity contribution in [3.05, 3.63) is 92.4 Å². The molecule has 3 aromatic rings. The smallest absolute Gasteiger partial charge is 0.300 e. The second kappa shape index (κ2) is 7.54. The molecule has 1 aliphatic heterocycles.